The van der Waals surface area contributed by atoms with Gasteiger partial charge in [-0.1, -0.05) is 43.7 Å². The van der Waals surface area contributed by atoms with Crippen LogP contribution in [0.4, 0.5) is 4.79 Å². The van der Waals surface area contributed by atoms with E-state index < -0.39 is 31.1 Å². The third kappa shape index (κ3) is 6.56. The number of amides is 1. The van der Waals surface area contributed by atoms with E-state index in [-0.39, 0.29) is 25.8 Å². The molecule has 2 unspecified atom stereocenters. The number of nitrogens with one attached hydrogen (secondary N) is 1. The molecule has 0 aromatic heterocycles. The molecule has 1 N–H and O–H groups in total. The second-order valence-corrected chi connectivity index (χ2v) is 9.05. The fraction of sp³-hybridized carbons (Fsp3) is 0.600. The third-order valence-corrected chi connectivity index (χ3v) is 6.86. The Balaban J connectivity index is 1.99. The van der Waals surface area contributed by atoms with Gasteiger partial charge < -0.3 is 23.8 Å². The summed E-state index contributed by atoms with van der Waals surface area (Å²) in [6, 6.07) is 9.20. The minimum Gasteiger partial charge on any atom is -0.467 e. The molecule has 2 rings (SSSR count). The number of carbonyl (C=O) groups excluding carboxylic acids is 2. The van der Waals surface area contributed by atoms with Crippen LogP contribution >= 0.6 is 7.60 Å². The molecule has 1 aromatic rings. The zero-order valence-electron chi connectivity index (χ0n) is 17.2. The second kappa shape index (κ2) is 10.8. The summed E-state index contributed by atoms with van der Waals surface area (Å²) < 4.78 is 34.0. The molecule has 0 bridgehead atoms. The summed E-state index contributed by atoms with van der Waals surface area (Å²) in [7, 11) is -2.13. The molecular weight excluding hydrogens is 397 g/mol. The second-order valence-electron chi connectivity index (χ2n) is 6.95. The number of hydrogen-bond acceptors (Lipinski definition) is 7. The van der Waals surface area contributed by atoms with Crippen molar-refractivity contribution in [1.29, 1.82) is 0 Å². The van der Waals surface area contributed by atoms with E-state index in [1.807, 2.05) is 37.3 Å². The van der Waals surface area contributed by atoms with Crippen LogP contribution in [0.5, 0.6) is 0 Å². The molecule has 1 fully saturated rings. The predicted molar refractivity (Wildman–Crippen MR) is 108 cm³/mol. The monoisotopic (exact) mass is 427 g/mol. The van der Waals surface area contributed by atoms with Crippen LogP contribution in [0.3, 0.4) is 0 Å². The van der Waals surface area contributed by atoms with Crippen molar-refractivity contribution in [3.63, 3.8) is 0 Å². The van der Waals surface area contributed by atoms with Crippen LogP contribution in [0.1, 0.15) is 38.7 Å². The molecular formula is C20H30NO7P. The Hall–Kier alpha value is -1.89. The summed E-state index contributed by atoms with van der Waals surface area (Å²) in [6.07, 6.45) is 1.23. The summed E-state index contributed by atoms with van der Waals surface area (Å²) in [6.45, 7) is 4.36. The van der Waals surface area contributed by atoms with Gasteiger partial charge >= 0.3 is 19.7 Å². The van der Waals surface area contributed by atoms with E-state index in [0.717, 1.165) is 18.4 Å². The Labute approximate surface area is 171 Å². The largest absolute Gasteiger partial charge is 0.467 e. The van der Waals surface area contributed by atoms with Crippen LogP contribution in [0.15, 0.2) is 30.3 Å². The topological polar surface area (TPSA) is 100 Å². The minimum atomic E-state index is -3.38. The maximum absolute atomic E-state index is 13.0. The lowest BCUT2D eigenvalue weighted by Crippen LogP contribution is -2.46. The molecule has 0 saturated heterocycles. The van der Waals surface area contributed by atoms with Gasteiger partial charge in [-0.25, -0.2) is 9.59 Å². The SMILES string of the molecule is CCCCOP(=O)(CC1C[C@@]1(NC(=O)OCc1ccccc1)C(=O)OC)OCC. The van der Waals surface area contributed by atoms with Gasteiger partial charge in [0.05, 0.1) is 26.5 Å². The molecule has 8 nitrogen and oxygen atoms in total. The zero-order chi connectivity index (χ0) is 21.3. The van der Waals surface area contributed by atoms with Gasteiger partial charge in [-0.3, -0.25) is 4.57 Å². The van der Waals surface area contributed by atoms with Gasteiger partial charge in [0.25, 0.3) is 0 Å². The number of benzene rings is 1. The summed E-state index contributed by atoms with van der Waals surface area (Å²) in [5.74, 6) is -1.02. The smallest absolute Gasteiger partial charge is 0.408 e. The average molecular weight is 427 g/mol. The van der Waals surface area contributed by atoms with Crippen molar-refractivity contribution in [3.05, 3.63) is 35.9 Å². The molecule has 29 heavy (non-hydrogen) atoms. The number of hydrogen-bond donors (Lipinski definition) is 1. The van der Waals surface area contributed by atoms with Crippen molar-refractivity contribution < 1.29 is 32.7 Å². The van der Waals surface area contributed by atoms with Crippen molar-refractivity contribution in [1.82, 2.24) is 5.32 Å². The first kappa shape index (κ1) is 23.4. The average Bonchev–Trinajstić information content (AvgIpc) is 3.39. The number of unbranched alkanes of at least 4 members (excludes halogenated alkanes) is 1. The molecule has 0 spiro atoms. The molecule has 0 heterocycles. The molecule has 0 aliphatic heterocycles. The predicted octanol–water partition coefficient (Wildman–Crippen LogP) is 3.89. The van der Waals surface area contributed by atoms with Crippen LogP contribution in [-0.4, -0.2) is 44.1 Å². The van der Waals surface area contributed by atoms with Gasteiger partial charge in [-0.15, -0.1) is 0 Å². The molecule has 1 aliphatic carbocycles. The number of methoxy groups -OCH3 is 1. The molecule has 9 heteroatoms. The minimum absolute atomic E-state index is 0.0264. The van der Waals surface area contributed by atoms with Gasteiger partial charge in [0.15, 0.2) is 0 Å². The number of ether oxygens (including phenoxy) is 2. The highest BCUT2D eigenvalue weighted by Crippen LogP contribution is 2.58. The van der Waals surface area contributed by atoms with E-state index in [2.05, 4.69) is 5.32 Å². The van der Waals surface area contributed by atoms with E-state index in [1.54, 1.807) is 6.92 Å². The number of alkyl carbamates (subject to hydrolysis) is 1. The lowest BCUT2D eigenvalue weighted by molar-refractivity contribution is -0.144. The maximum atomic E-state index is 13.0. The van der Waals surface area contributed by atoms with E-state index in [4.69, 9.17) is 18.5 Å². The van der Waals surface area contributed by atoms with E-state index in [0.29, 0.717) is 6.61 Å². The van der Waals surface area contributed by atoms with Crippen LogP contribution < -0.4 is 5.32 Å². The van der Waals surface area contributed by atoms with Gasteiger partial charge in [0.2, 0.25) is 0 Å². The van der Waals surface area contributed by atoms with Crippen molar-refractivity contribution >= 4 is 19.7 Å². The fourth-order valence-electron chi connectivity index (χ4n) is 3.08. The Kier molecular flexibility index (Phi) is 8.68. The third-order valence-electron chi connectivity index (χ3n) is 4.75. The first-order valence-electron chi connectivity index (χ1n) is 9.84. The molecule has 1 aromatic carbocycles. The highest BCUT2D eigenvalue weighted by Gasteiger charge is 2.64. The lowest BCUT2D eigenvalue weighted by Gasteiger charge is -2.21. The van der Waals surface area contributed by atoms with Gasteiger partial charge in [0.1, 0.15) is 12.1 Å². The summed E-state index contributed by atoms with van der Waals surface area (Å²) in [5.41, 5.74) is -0.448. The highest BCUT2D eigenvalue weighted by molar-refractivity contribution is 7.53. The molecule has 1 aliphatic rings. The van der Waals surface area contributed by atoms with Crippen molar-refractivity contribution in [2.24, 2.45) is 5.92 Å². The standard InChI is InChI=1S/C20H30NO7P/c1-4-6-12-28-29(24,27-5-2)15-17-13-20(17,18(22)25-3)21-19(23)26-14-16-10-8-7-9-11-16/h7-11,17H,4-6,12-15H2,1-3H3,(H,21,23)/t17?,20-,29?/m0/s1. The van der Waals surface area contributed by atoms with E-state index in [1.165, 1.54) is 7.11 Å². The van der Waals surface area contributed by atoms with E-state index in [9.17, 15) is 14.2 Å². The van der Waals surface area contributed by atoms with Crippen LogP contribution in [0.2, 0.25) is 0 Å². The summed E-state index contributed by atoms with van der Waals surface area (Å²) in [4.78, 5) is 24.6. The number of rotatable bonds is 12. The molecule has 1 amide bonds. The van der Waals surface area contributed by atoms with Gasteiger partial charge in [-0.05, 0) is 25.3 Å². The van der Waals surface area contributed by atoms with Crippen LogP contribution in [0.25, 0.3) is 0 Å². The Morgan fingerprint density at radius 2 is 1.93 bits per heavy atom. The molecule has 3 atom stereocenters. The van der Waals surface area contributed by atoms with Crippen molar-refractivity contribution in [2.45, 2.75) is 45.3 Å². The Bertz CT molecular complexity index is 727. The first-order valence-corrected chi connectivity index (χ1v) is 11.6. The zero-order valence-corrected chi connectivity index (χ0v) is 18.1. The van der Waals surface area contributed by atoms with Crippen molar-refractivity contribution in [3.8, 4) is 0 Å². The highest BCUT2D eigenvalue weighted by atomic mass is 31.2. The van der Waals surface area contributed by atoms with Gasteiger partial charge in [0, 0.05) is 5.92 Å². The first-order chi connectivity index (χ1) is 13.9. The van der Waals surface area contributed by atoms with Crippen molar-refractivity contribution in [2.75, 3.05) is 26.5 Å². The fourth-order valence-corrected chi connectivity index (χ4v) is 5.15. The summed E-state index contributed by atoms with van der Waals surface area (Å²) in [5, 5.41) is 2.60. The van der Waals surface area contributed by atoms with Crippen LogP contribution in [0, 0.1) is 5.92 Å². The lowest BCUT2D eigenvalue weighted by atomic mass is 10.2. The number of carbonyl (C=O) groups is 2. The normalized spacial score (nSPS) is 22.4. The van der Waals surface area contributed by atoms with Gasteiger partial charge in [-0.2, -0.15) is 0 Å². The number of esters is 1. The quantitative estimate of drug-likeness (QED) is 0.307. The van der Waals surface area contributed by atoms with Crippen LogP contribution in [-0.2, 0) is 34.5 Å². The molecule has 162 valence electrons. The molecule has 0 radical (unpaired) electrons. The maximum Gasteiger partial charge on any atom is 0.408 e. The molecule has 1 saturated carbocycles. The summed E-state index contributed by atoms with van der Waals surface area (Å²) >= 11 is 0. The Morgan fingerprint density at radius 1 is 1.21 bits per heavy atom. The van der Waals surface area contributed by atoms with E-state index >= 15 is 0 Å². The Morgan fingerprint density at radius 3 is 2.55 bits per heavy atom.